The Kier molecular flexibility index (Phi) is 5.97. The Hall–Kier alpha value is -1.41. The molecule has 0 aromatic heterocycles. The molecule has 0 bridgehead atoms. The van der Waals surface area contributed by atoms with Crippen LogP contribution in [0, 0.1) is 0 Å². The number of carbonyl (C=O) groups excluding carboxylic acids is 2. The van der Waals surface area contributed by atoms with Gasteiger partial charge in [0.2, 0.25) is 0 Å². The van der Waals surface area contributed by atoms with Gasteiger partial charge in [0.15, 0.2) is 5.12 Å². The fourth-order valence-corrected chi connectivity index (χ4v) is 2.02. The lowest BCUT2D eigenvalue weighted by molar-refractivity contribution is -0.109. The Morgan fingerprint density at radius 1 is 1.32 bits per heavy atom. The first-order chi connectivity index (χ1) is 8.95. The highest BCUT2D eigenvalue weighted by Crippen LogP contribution is 2.20. The number of carbonyl (C=O) groups is 2. The molecule has 0 saturated heterocycles. The molecule has 104 valence electrons. The fraction of sp³-hybridized carbons (Fsp3) is 0.333. The first kappa shape index (κ1) is 15.6. The summed E-state index contributed by atoms with van der Waals surface area (Å²) in [4.78, 5) is 22.0. The number of aliphatic hydroxyl groups is 2. The molecule has 0 fully saturated rings. The van der Waals surface area contributed by atoms with Crippen molar-refractivity contribution in [2.75, 3.05) is 5.75 Å². The van der Waals surface area contributed by atoms with Crippen molar-refractivity contribution in [3.8, 4) is 0 Å². The van der Waals surface area contributed by atoms with Gasteiger partial charge in [0.1, 0.15) is 6.10 Å². The molecule has 0 radical (unpaired) electrons. The Morgan fingerprint density at radius 2 is 1.89 bits per heavy atom. The topological polar surface area (TPSA) is 113 Å². The van der Waals surface area contributed by atoms with E-state index in [1.54, 1.807) is 0 Å². The van der Waals surface area contributed by atoms with Gasteiger partial charge in [0.25, 0.3) is 5.91 Å². The number of aliphatic hydroxyl groups excluding tert-OH is 2. The zero-order chi connectivity index (χ0) is 14.4. The molecule has 7 heteroatoms. The predicted octanol–water partition coefficient (Wildman–Crippen LogP) is -0.0359. The Labute approximate surface area is 115 Å². The molecule has 5 N–H and O–H groups in total. The molecule has 19 heavy (non-hydrogen) atoms. The molecule has 2 unspecified atom stereocenters. The number of thioether (sulfide) groups is 1. The number of hydrogen-bond donors (Lipinski definition) is 4. The van der Waals surface area contributed by atoms with E-state index in [2.05, 4.69) is 0 Å². The second kappa shape index (κ2) is 7.25. The van der Waals surface area contributed by atoms with Crippen LogP contribution in [0.15, 0.2) is 24.3 Å². The third-order valence-electron chi connectivity index (χ3n) is 2.47. The molecular formula is C12H16N2O4S. The van der Waals surface area contributed by atoms with Crippen LogP contribution in [0.4, 0.5) is 0 Å². The first-order valence-corrected chi connectivity index (χ1v) is 6.54. The van der Waals surface area contributed by atoms with Crippen molar-refractivity contribution in [1.29, 1.82) is 0 Å². The van der Waals surface area contributed by atoms with Crippen molar-refractivity contribution in [2.24, 2.45) is 5.84 Å². The second-order valence-electron chi connectivity index (χ2n) is 3.91. The fourth-order valence-electron chi connectivity index (χ4n) is 1.43. The Balaban J connectivity index is 2.69. The standard InChI is InChI=1S/C12H16N2O4S/c1-7(15)19-6-10(16)11(17)8-2-4-9(5-3-8)12(18)14-13/h2-5,10-11,16-17H,6,13H2,1H3,(H,14,18). The van der Waals surface area contributed by atoms with Gasteiger partial charge >= 0.3 is 0 Å². The smallest absolute Gasteiger partial charge is 0.265 e. The molecule has 0 aliphatic rings. The third kappa shape index (κ3) is 4.64. The number of nitrogen functional groups attached to an aromatic ring is 1. The van der Waals surface area contributed by atoms with Crippen molar-refractivity contribution in [1.82, 2.24) is 5.43 Å². The van der Waals surface area contributed by atoms with E-state index in [0.29, 0.717) is 11.1 Å². The Bertz CT molecular complexity index is 450. The minimum absolute atomic E-state index is 0.113. The molecule has 0 saturated carbocycles. The number of rotatable bonds is 5. The van der Waals surface area contributed by atoms with E-state index in [-0.39, 0.29) is 10.9 Å². The van der Waals surface area contributed by atoms with Crippen LogP contribution < -0.4 is 11.3 Å². The minimum atomic E-state index is -1.11. The first-order valence-electron chi connectivity index (χ1n) is 5.56. The van der Waals surface area contributed by atoms with Crippen LogP contribution in [-0.2, 0) is 4.79 Å². The molecular weight excluding hydrogens is 268 g/mol. The van der Waals surface area contributed by atoms with Crippen LogP contribution in [0.5, 0.6) is 0 Å². The van der Waals surface area contributed by atoms with Gasteiger partial charge in [-0.15, -0.1) is 0 Å². The van der Waals surface area contributed by atoms with E-state index < -0.39 is 18.1 Å². The lowest BCUT2D eigenvalue weighted by Gasteiger charge is -2.17. The lowest BCUT2D eigenvalue weighted by Crippen LogP contribution is -2.30. The molecule has 6 nitrogen and oxygen atoms in total. The van der Waals surface area contributed by atoms with E-state index in [0.717, 1.165) is 11.8 Å². The summed E-state index contributed by atoms with van der Waals surface area (Å²) in [5.74, 6) is 4.67. The highest BCUT2D eigenvalue weighted by atomic mass is 32.2. The van der Waals surface area contributed by atoms with Crippen LogP contribution in [0.1, 0.15) is 28.9 Å². The summed E-state index contributed by atoms with van der Waals surface area (Å²) in [6, 6.07) is 6.03. The average Bonchev–Trinajstić information content (AvgIpc) is 2.43. The van der Waals surface area contributed by atoms with Crippen LogP contribution in [0.3, 0.4) is 0 Å². The number of benzene rings is 1. The maximum absolute atomic E-state index is 11.2. The maximum Gasteiger partial charge on any atom is 0.265 e. The molecule has 1 aromatic carbocycles. The van der Waals surface area contributed by atoms with Crippen molar-refractivity contribution in [3.05, 3.63) is 35.4 Å². The summed E-state index contributed by atoms with van der Waals surface area (Å²) < 4.78 is 0. The van der Waals surface area contributed by atoms with E-state index in [9.17, 15) is 19.8 Å². The largest absolute Gasteiger partial charge is 0.389 e. The number of amides is 1. The molecule has 0 aliphatic heterocycles. The van der Waals surface area contributed by atoms with E-state index in [4.69, 9.17) is 5.84 Å². The summed E-state index contributed by atoms with van der Waals surface area (Å²) in [6.07, 6.45) is -2.16. The van der Waals surface area contributed by atoms with E-state index in [1.165, 1.54) is 31.2 Å². The Morgan fingerprint density at radius 3 is 2.37 bits per heavy atom. The monoisotopic (exact) mass is 284 g/mol. The predicted molar refractivity (Wildman–Crippen MR) is 72.2 cm³/mol. The van der Waals surface area contributed by atoms with Crippen molar-refractivity contribution in [2.45, 2.75) is 19.1 Å². The van der Waals surface area contributed by atoms with Gasteiger partial charge in [-0.3, -0.25) is 15.0 Å². The highest BCUT2D eigenvalue weighted by molar-refractivity contribution is 8.13. The molecule has 0 spiro atoms. The quantitative estimate of drug-likeness (QED) is 0.343. The van der Waals surface area contributed by atoms with Crippen LogP contribution in [0.25, 0.3) is 0 Å². The zero-order valence-corrected chi connectivity index (χ0v) is 11.2. The minimum Gasteiger partial charge on any atom is -0.389 e. The number of nitrogens with two attached hydrogens (primary N) is 1. The van der Waals surface area contributed by atoms with E-state index in [1.807, 2.05) is 5.43 Å². The van der Waals surface area contributed by atoms with Gasteiger partial charge in [0.05, 0.1) is 6.10 Å². The van der Waals surface area contributed by atoms with Gasteiger partial charge in [-0.05, 0) is 17.7 Å². The summed E-state index contributed by atoms with van der Waals surface area (Å²) >= 11 is 0.944. The summed E-state index contributed by atoms with van der Waals surface area (Å²) in [7, 11) is 0. The van der Waals surface area contributed by atoms with Crippen LogP contribution >= 0.6 is 11.8 Å². The third-order valence-corrected chi connectivity index (χ3v) is 3.38. The number of nitrogens with one attached hydrogen (secondary N) is 1. The number of hydrazine groups is 1. The van der Waals surface area contributed by atoms with Crippen molar-refractivity contribution >= 4 is 22.8 Å². The SMILES string of the molecule is CC(=O)SCC(O)C(O)c1ccc(C(=O)NN)cc1. The molecule has 0 aliphatic carbocycles. The van der Waals surface area contributed by atoms with Gasteiger partial charge in [-0.2, -0.15) is 0 Å². The molecule has 0 heterocycles. The molecule has 1 aromatic rings. The highest BCUT2D eigenvalue weighted by Gasteiger charge is 2.19. The van der Waals surface area contributed by atoms with E-state index >= 15 is 0 Å². The molecule has 1 amide bonds. The van der Waals surface area contributed by atoms with Gasteiger partial charge < -0.3 is 10.2 Å². The summed E-state index contributed by atoms with van der Waals surface area (Å²) in [5, 5.41) is 19.5. The summed E-state index contributed by atoms with van der Waals surface area (Å²) in [5.41, 5.74) is 2.81. The van der Waals surface area contributed by atoms with Crippen LogP contribution in [0.2, 0.25) is 0 Å². The van der Waals surface area contributed by atoms with Crippen LogP contribution in [-0.4, -0.2) is 33.1 Å². The normalized spacial score (nSPS) is 13.7. The molecule has 1 rings (SSSR count). The second-order valence-corrected chi connectivity index (χ2v) is 5.11. The lowest BCUT2D eigenvalue weighted by atomic mass is 10.0. The van der Waals surface area contributed by atoms with Gasteiger partial charge in [-0.1, -0.05) is 23.9 Å². The molecule has 2 atom stereocenters. The zero-order valence-electron chi connectivity index (χ0n) is 10.4. The van der Waals surface area contributed by atoms with Crippen molar-refractivity contribution in [3.63, 3.8) is 0 Å². The average molecular weight is 284 g/mol. The summed E-state index contributed by atoms with van der Waals surface area (Å²) in [6.45, 7) is 1.39. The van der Waals surface area contributed by atoms with Gasteiger partial charge in [-0.25, -0.2) is 5.84 Å². The number of hydrogen-bond acceptors (Lipinski definition) is 6. The van der Waals surface area contributed by atoms with Crippen molar-refractivity contribution < 1.29 is 19.8 Å². The van der Waals surface area contributed by atoms with Gasteiger partial charge in [0, 0.05) is 18.2 Å². The maximum atomic E-state index is 11.2.